The van der Waals surface area contributed by atoms with E-state index in [0.717, 1.165) is 10.9 Å². The van der Waals surface area contributed by atoms with Crippen LogP contribution >= 0.6 is 0 Å². The van der Waals surface area contributed by atoms with Crippen molar-refractivity contribution < 1.29 is 9.53 Å². The molecule has 0 radical (unpaired) electrons. The van der Waals surface area contributed by atoms with Crippen LogP contribution in [0.1, 0.15) is 18.4 Å². The van der Waals surface area contributed by atoms with E-state index in [9.17, 15) is 9.59 Å². The molecule has 1 saturated carbocycles. The van der Waals surface area contributed by atoms with Gasteiger partial charge >= 0.3 is 5.97 Å². The molecular formula is C15H15NO3. The molecule has 0 saturated heterocycles. The maximum Gasteiger partial charge on any atom is 0.316 e. The first kappa shape index (κ1) is 12.0. The van der Waals surface area contributed by atoms with Crippen molar-refractivity contribution in [2.75, 3.05) is 7.11 Å². The number of esters is 1. The number of carbonyl (C=O) groups excluding carboxylic acids is 1. The lowest BCUT2D eigenvalue weighted by molar-refractivity contribution is -0.143. The molecule has 1 fully saturated rings. The lowest BCUT2D eigenvalue weighted by Crippen LogP contribution is -2.32. The highest BCUT2D eigenvalue weighted by atomic mass is 16.5. The summed E-state index contributed by atoms with van der Waals surface area (Å²) in [6.07, 6.45) is 1.38. The van der Waals surface area contributed by atoms with Crippen LogP contribution in [0.15, 0.2) is 35.1 Å². The molecule has 0 aliphatic heterocycles. The number of methoxy groups -OCH3 is 1. The standard InChI is InChI=1S/C15H15NO3/c1-16-12-6-4-3-5-10(12)9-11(13(16)17)15(7-8-15)14(18)19-2/h3-6,9H,7-8H2,1-2H3. The van der Waals surface area contributed by atoms with Crippen molar-refractivity contribution in [2.24, 2.45) is 7.05 Å². The summed E-state index contributed by atoms with van der Waals surface area (Å²) in [7, 11) is 3.11. The summed E-state index contributed by atoms with van der Waals surface area (Å²) in [5, 5.41) is 0.967. The number of hydrogen-bond donors (Lipinski definition) is 0. The molecule has 98 valence electrons. The minimum Gasteiger partial charge on any atom is -0.468 e. The number of aromatic nitrogens is 1. The van der Waals surface area contributed by atoms with Crippen LogP contribution in [0.2, 0.25) is 0 Å². The molecule has 1 aromatic heterocycles. The van der Waals surface area contributed by atoms with Gasteiger partial charge in [-0.15, -0.1) is 0 Å². The summed E-state index contributed by atoms with van der Waals surface area (Å²) in [6.45, 7) is 0. The summed E-state index contributed by atoms with van der Waals surface area (Å²) in [6, 6.07) is 9.51. The molecule has 0 atom stereocenters. The van der Waals surface area contributed by atoms with E-state index < -0.39 is 5.41 Å². The second-order valence-electron chi connectivity index (χ2n) is 5.05. The van der Waals surface area contributed by atoms with Crippen LogP contribution in [-0.2, 0) is 22.0 Å². The molecule has 1 aromatic carbocycles. The van der Waals surface area contributed by atoms with Crippen molar-refractivity contribution in [3.8, 4) is 0 Å². The van der Waals surface area contributed by atoms with E-state index in [0.29, 0.717) is 18.4 Å². The summed E-state index contributed by atoms with van der Waals surface area (Å²) in [5.41, 5.74) is 0.604. The van der Waals surface area contributed by atoms with Gasteiger partial charge in [0.05, 0.1) is 18.0 Å². The highest BCUT2D eigenvalue weighted by Crippen LogP contribution is 2.48. The second-order valence-corrected chi connectivity index (χ2v) is 5.05. The molecule has 4 nitrogen and oxygen atoms in total. The van der Waals surface area contributed by atoms with Gasteiger partial charge in [-0.25, -0.2) is 0 Å². The predicted molar refractivity (Wildman–Crippen MR) is 72.1 cm³/mol. The van der Waals surface area contributed by atoms with Gasteiger partial charge in [0.1, 0.15) is 0 Å². The molecule has 0 N–H and O–H groups in total. The van der Waals surface area contributed by atoms with Crippen LogP contribution in [0.4, 0.5) is 0 Å². The molecule has 3 rings (SSSR count). The quantitative estimate of drug-likeness (QED) is 0.770. The first-order valence-corrected chi connectivity index (χ1v) is 6.28. The minimum atomic E-state index is -0.715. The topological polar surface area (TPSA) is 48.3 Å². The van der Waals surface area contributed by atoms with Crippen LogP contribution in [0.5, 0.6) is 0 Å². The van der Waals surface area contributed by atoms with E-state index in [1.54, 1.807) is 11.6 Å². The molecule has 19 heavy (non-hydrogen) atoms. The van der Waals surface area contributed by atoms with Gasteiger partial charge < -0.3 is 9.30 Å². The molecule has 1 heterocycles. The van der Waals surface area contributed by atoms with E-state index in [-0.39, 0.29) is 11.5 Å². The van der Waals surface area contributed by atoms with E-state index >= 15 is 0 Å². The number of aryl methyl sites for hydroxylation is 1. The van der Waals surface area contributed by atoms with E-state index in [1.807, 2.05) is 30.3 Å². The Labute approximate surface area is 110 Å². The highest BCUT2D eigenvalue weighted by Gasteiger charge is 2.54. The van der Waals surface area contributed by atoms with Crippen molar-refractivity contribution in [2.45, 2.75) is 18.3 Å². The van der Waals surface area contributed by atoms with E-state index in [1.165, 1.54) is 7.11 Å². The summed E-state index contributed by atoms with van der Waals surface area (Å²) >= 11 is 0. The van der Waals surface area contributed by atoms with E-state index in [4.69, 9.17) is 4.74 Å². The maximum absolute atomic E-state index is 12.4. The van der Waals surface area contributed by atoms with Gasteiger partial charge in [0, 0.05) is 12.6 Å². The summed E-state index contributed by atoms with van der Waals surface area (Å²) < 4.78 is 6.46. The zero-order valence-electron chi connectivity index (χ0n) is 11.0. The number of pyridine rings is 1. The number of carbonyl (C=O) groups is 1. The van der Waals surface area contributed by atoms with Gasteiger partial charge in [0.15, 0.2) is 0 Å². The fraction of sp³-hybridized carbons (Fsp3) is 0.333. The Balaban J connectivity index is 2.29. The van der Waals surface area contributed by atoms with Gasteiger partial charge in [-0.3, -0.25) is 9.59 Å². The Hall–Kier alpha value is -2.10. The summed E-state index contributed by atoms with van der Waals surface area (Å²) in [5.74, 6) is -0.306. The first-order valence-electron chi connectivity index (χ1n) is 6.28. The molecule has 0 spiro atoms. The van der Waals surface area contributed by atoms with Crippen molar-refractivity contribution >= 4 is 16.9 Å². The fourth-order valence-electron chi connectivity index (χ4n) is 2.67. The third kappa shape index (κ3) is 1.59. The van der Waals surface area contributed by atoms with Crippen molar-refractivity contribution in [3.05, 3.63) is 46.2 Å². The van der Waals surface area contributed by atoms with Crippen molar-refractivity contribution in [1.82, 2.24) is 4.57 Å². The number of rotatable bonds is 2. The molecule has 0 amide bonds. The van der Waals surface area contributed by atoms with Gasteiger partial charge in [-0.2, -0.15) is 0 Å². The SMILES string of the molecule is COC(=O)C1(c2cc3ccccc3n(C)c2=O)CC1. The molecular weight excluding hydrogens is 242 g/mol. The molecule has 4 heteroatoms. The molecule has 1 aliphatic carbocycles. The fourth-order valence-corrected chi connectivity index (χ4v) is 2.67. The number of benzene rings is 1. The van der Waals surface area contributed by atoms with Crippen LogP contribution in [0, 0.1) is 0 Å². The Kier molecular flexibility index (Phi) is 2.49. The zero-order valence-corrected chi connectivity index (χ0v) is 11.0. The Morgan fingerprint density at radius 2 is 2.00 bits per heavy atom. The number of nitrogens with zero attached hydrogens (tertiary/aromatic N) is 1. The predicted octanol–water partition coefficient (Wildman–Crippen LogP) is 1.74. The van der Waals surface area contributed by atoms with Crippen molar-refractivity contribution in [1.29, 1.82) is 0 Å². The van der Waals surface area contributed by atoms with Gasteiger partial charge in [-0.1, -0.05) is 18.2 Å². The molecule has 2 aromatic rings. The van der Waals surface area contributed by atoms with Crippen LogP contribution in [-0.4, -0.2) is 17.6 Å². The van der Waals surface area contributed by atoms with Gasteiger partial charge in [-0.05, 0) is 30.4 Å². The number of fused-ring (bicyclic) bond motifs is 1. The largest absolute Gasteiger partial charge is 0.468 e. The van der Waals surface area contributed by atoms with Crippen LogP contribution in [0.3, 0.4) is 0 Å². The molecule has 0 bridgehead atoms. The van der Waals surface area contributed by atoms with Gasteiger partial charge in [0.25, 0.3) is 5.56 Å². The van der Waals surface area contributed by atoms with Crippen molar-refractivity contribution in [3.63, 3.8) is 0 Å². The normalized spacial score (nSPS) is 16.3. The number of para-hydroxylation sites is 1. The Bertz CT molecular complexity index is 726. The average Bonchev–Trinajstić information content (AvgIpc) is 3.23. The monoisotopic (exact) mass is 257 g/mol. The third-order valence-electron chi connectivity index (χ3n) is 3.97. The smallest absolute Gasteiger partial charge is 0.316 e. The zero-order chi connectivity index (χ0) is 13.6. The van der Waals surface area contributed by atoms with Gasteiger partial charge in [0.2, 0.25) is 0 Å². The lowest BCUT2D eigenvalue weighted by atomic mass is 9.96. The first-order chi connectivity index (χ1) is 9.10. The van der Waals surface area contributed by atoms with Crippen LogP contribution < -0.4 is 5.56 Å². The highest BCUT2D eigenvalue weighted by molar-refractivity contribution is 5.89. The third-order valence-corrected chi connectivity index (χ3v) is 3.97. The Morgan fingerprint density at radius 3 is 2.63 bits per heavy atom. The minimum absolute atomic E-state index is 0.110. The average molecular weight is 257 g/mol. The van der Waals surface area contributed by atoms with Crippen LogP contribution in [0.25, 0.3) is 10.9 Å². The number of hydrogen-bond acceptors (Lipinski definition) is 3. The summed E-state index contributed by atoms with van der Waals surface area (Å²) in [4.78, 5) is 24.4. The molecule has 1 aliphatic rings. The lowest BCUT2D eigenvalue weighted by Gasteiger charge is -2.15. The Morgan fingerprint density at radius 1 is 1.32 bits per heavy atom. The second kappa shape index (κ2) is 3.95. The van der Waals surface area contributed by atoms with E-state index in [2.05, 4.69) is 0 Å². The maximum atomic E-state index is 12.4. The molecule has 0 unspecified atom stereocenters. The number of ether oxygens (including phenoxy) is 1.